The first kappa shape index (κ1) is 13.9. The fraction of sp³-hybridized carbons (Fsp3) is 0.167. The van der Waals surface area contributed by atoms with Crippen molar-refractivity contribution in [2.75, 3.05) is 0 Å². The molecule has 0 amide bonds. The van der Waals surface area contributed by atoms with Crippen molar-refractivity contribution in [1.82, 2.24) is 9.97 Å². The lowest BCUT2D eigenvalue weighted by molar-refractivity contribution is -0.387. The molecule has 1 heterocycles. The number of hydrogen-bond donors (Lipinski definition) is 1. The molecule has 2 rings (SSSR count). The minimum absolute atomic E-state index is 0.0640. The van der Waals surface area contributed by atoms with Crippen molar-refractivity contribution in [1.29, 1.82) is 0 Å². The number of nitrogens with zero attached hydrogens (tertiary/aromatic N) is 3. The van der Waals surface area contributed by atoms with Gasteiger partial charge in [-0.15, -0.1) is 0 Å². The fourth-order valence-electron chi connectivity index (χ4n) is 1.74. The van der Waals surface area contributed by atoms with E-state index in [0.29, 0.717) is 11.4 Å². The minimum atomic E-state index is -1.30. The number of hydrogen-bond acceptors (Lipinski definition) is 5. The number of nitro benzene ring substituents is 1. The van der Waals surface area contributed by atoms with Crippen molar-refractivity contribution in [2.24, 2.45) is 5.73 Å². The van der Waals surface area contributed by atoms with Crippen LogP contribution in [0.5, 0.6) is 0 Å². The summed E-state index contributed by atoms with van der Waals surface area (Å²) in [6.45, 7) is 1.67. The van der Waals surface area contributed by atoms with Crippen LogP contribution in [0.1, 0.15) is 11.4 Å². The molecule has 2 N–H and O–H groups in total. The predicted octanol–water partition coefficient (Wildman–Crippen LogP) is 2.10. The van der Waals surface area contributed by atoms with Crippen molar-refractivity contribution < 1.29 is 13.7 Å². The highest BCUT2D eigenvalue weighted by Gasteiger charge is 2.24. The molecule has 0 saturated carbocycles. The van der Waals surface area contributed by atoms with Gasteiger partial charge in [0.15, 0.2) is 5.82 Å². The van der Waals surface area contributed by atoms with Crippen molar-refractivity contribution in [3.05, 3.63) is 51.3 Å². The van der Waals surface area contributed by atoms with E-state index in [4.69, 9.17) is 5.73 Å². The SMILES string of the molecule is Cc1cc(CN)nc(-c2c(F)ccc([N+](=O)[O-])c2F)n1. The third-order valence-corrected chi connectivity index (χ3v) is 2.61. The van der Waals surface area contributed by atoms with E-state index < -0.39 is 27.8 Å². The van der Waals surface area contributed by atoms with Gasteiger partial charge in [0, 0.05) is 18.3 Å². The summed E-state index contributed by atoms with van der Waals surface area (Å²) in [7, 11) is 0. The molecule has 0 aliphatic carbocycles. The average molecular weight is 280 g/mol. The van der Waals surface area contributed by atoms with E-state index in [9.17, 15) is 18.9 Å². The van der Waals surface area contributed by atoms with Crippen molar-refractivity contribution in [3.8, 4) is 11.4 Å². The van der Waals surface area contributed by atoms with Gasteiger partial charge in [0.1, 0.15) is 5.82 Å². The number of nitro groups is 1. The van der Waals surface area contributed by atoms with Gasteiger partial charge < -0.3 is 5.73 Å². The van der Waals surface area contributed by atoms with E-state index in [1.54, 1.807) is 13.0 Å². The standard InChI is InChI=1S/C12H10F2N4O2/c1-6-4-7(5-15)17-12(16-6)10-8(13)2-3-9(11(10)14)18(19)20/h2-4H,5,15H2,1H3. The Bertz CT molecular complexity index is 691. The number of benzene rings is 1. The lowest BCUT2D eigenvalue weighted by Crippen LogP contribution is -2.06. The Hall–Kier alpha value is -2.48. The Morgan fingerprint density at radius 1 is 1.35 bits per heavy atom. The maximum atomic E-state index is 14.0. The van der Waals surface area contributed by atoms with E-state index >= 15 is 0 Å². The second kappa shape index (κ2) is 5.25. The second-order valence-corrected chi connectivity index (χ2v) is 4.04. The van der Waals surface area contributed by atoms with Crippen molar-refractivity contribution in [3.63, 3.8) is 0 Å². The topological polar surface area (TPSA) is 94.9 Å². The molecule has 1 aromatic heterocycles. The number of aromatic nitrogens is 2. The highest BCUT2D eigenvalue weighted by atomic mass is 19.1. The predicted molar refractivity (Wildman–Crippen MR) is 66.7 cm³/mol. The lowest BCUT2D eigenvalue weighted by Gasteiger charge is -2.07. The molecule has 2 aromatic rings. The Morgan fingerprint density at radius 2 is 2.05 bits per heavy atom. The van der Waals surface area contributed by atoms with Crippen LogP contribution in [0, 0.1) is 28.7 Å². The van der Waals surface area contributed by atoms with E-state index in [1.807, 2.05) is 0 Å². The molecule has 6 nitrogen and oxygen atoms in total. The van der Waals surface area contributed by atoms with Crippen LogP contribution >= 0.6 is 0 Å². The summed E-state index contributed by atoms with van der Waals surface area (Å²) in [5, 5.41) is 10.7. The van der Waals surface area contributed by atoms with Crippen LogP contribution < -0.4 is 5.73 Å². The molecule has 0 atom stereocenters. The number of aryl methyl sites for hydroxylation is 1. The zero-order valence-electron chi connectivity index (χ0n) is 10.4. The van der Waals surface area contributed by atoms with Gasteiger partial charge in [0.2, 0.25) is 5.82 Å². The number of nitrogens with two attached hydrogens (primary N) is 1. The highest BCUT2D eigenvalue weighted by Crippen LogP contribution is 2.29. The van der Waals surface area contributed by atoms with Crippen molar-refractivity contribution >= 4 is 5.69 Å². The quantitative estimate of drug-likeness (QED) is 0.686. The molecule has 0 bridgehead atoms. The highest BCUT2D eigenvalue weighted by molar-refractivity contribution is 5.61. The Balaban J connectivity index is 2.72. The molecule has 0 unspecified atom stereocenters. The van der Waals surface area contributed by atoms with Gasteiger partial charge in [-0.2, -0.15) is 4.39 Å². The molecule has 104 valence electrons. The van der Waals surface area contributed by atoms with Crippen LogP contribution in [0.3, 0.4) is 0 Å². The van der Waals surface area contributed by atoms with Gasteiger partial charge in [0.25, 0.3) is 0 Å². The first-order chi connectivity index (χ1) is 9.43. The van der Waals surface area contributed by atoms with Gasteiger partial charge in [-0.1, -0.05) is 0 Å². The lowest BCUT2D eigenvalue weighted by atomic mass is 10.1. The molecule has 0 radical (unpaired) electrons. The smallest absolute Gasteiger partial charge is 0.305 e. The largest absolute Gasteiger partial charge is 0.325 e. The molecule has 0 spiro atoms. The minimum Gasteiger partial charge on any atom is -0.325 e. The summed E-state index contributed by atoms with van der Waals surface area (Å²) in [6, 6.07) is 3.13. The summed E-state index contributed by atoms with van der Waals surface area (Å²) >= 11 is 0. The fourth-order valence-corrected chi connectivity index (χ4v) is 1.74. The number of rotatable bonds is 3. The van der Waals surface area contributed by atoms with Gasteiger partial charge in [0.05, 0.1) is 16.2 Å². The van der Waals surface area contributed by atoms with Gasteiger partial charge in [-0.05, 0) is 19.1 Å². The summed E-state index contributed by atoms with van der Waals surface area (Å²) in [5.74, 6) is -2.53. The van der Waals surface area contributed by atoms with Crippen LogP contribution in [0.2, 0.25) is 0 Å². The van der Waals surface area contributed by atoms with Crippen LogP contribution in [-0.4, -0.2) is 14.9 Å². The molecule has 1 aromatic carbocycles. The Kier molecular flexibility index (Phi) is 3.66. The Labute approximate surface area is 112 Å². The third-order valence-electron chi connectivity index (χ3n) is 2.61. The molecular formula is C12H10F2N4O2. The Morgan fingerprint density at radius 3 is 2.65 bits per heavy atom. The van der Waals surface area contributed by atoms with E-state index in [2.05, 4.69) is 9.97 Å². The summed E-state index contributed by atoms with van der Waals surface area (Å²) in [4.78, 5) is 17.6. The van der Waals surface area contributed by atoms with Crippen LogP contribution in [-0.2, 0) is 6.54 Å². The normalized spacial score (nSPS) is 10.6. The molecule has 20 heavy (non-hydrogen) atoms. The van der Waals surface area contributed by atoms with Crippen LogP contribution in [0.15, 0.2) is 18.2 Å². The number of halogens is 2. The van der Waals surface area contributed by atoms with Crippen LogP contribution in [0.25, 0.3) is 11.4 Å². The van der Waals surface area contributed by atoms with E-state index in [1.165, 1.54) is 0 Å². The van der Waals surface area contributed by atoms with Crippen molar-refractivity contribution in [2.45, 2.75) is 13.5 Å². The van der Waals surface area contributed by atoms with E-state index in [-0.39, 0.29) is 12.4 Å². The molecule has 0 aliphatic rings. The summed E-state index contributed by atoms with van der Waals surface area (Å²) in [5.41, 5.74) is 4.82. The van der Waals surface area contributed by atoms with Crippen LogP contribution in [0.4, 0.5) is 14.5 Å². The maximum Gasteiger partial charge on any atom is 0.305 e. The summed E-state index contributed by atoms with van der Waals surface area (Å²) in [6.07, 6.45) is 0. The first-order valence-corrected chi connectivity index (χ1v) is 5.61. The van der Waals surface area contributed by atoms with E-state index in [0.717, 1.165) is 12.1 Å². The molecule has 0 aliphatic heterocycles. The maximum absolute atomic E-state index is 14.0. The van der Waals surface area contributed by atoms with Gasteiger partial charge >= 0.3 is 5.69 Å². The molecule has 0 fully saturated rings. The molecular weight excluding hydrogens is 270 g/mol. The molecule has 8 heteroatoms. The zero-order chi connectivity index (χ0) is 14.9. The zero-order valence-corrected chi connectivity index (χ0v) is 10.4. The second-order valence-electron chi connectivity index (χ2n) is 4.04. The van der Waals surface area contributed by atoms with Gasteiger partial charge in [-0.3, -0.25) is 10.1 Å². The first-order valence-electron chi connectivity index (χ1n) is 5.61. The third kappa shape index (κ3) is 2.45. The monoisotopic (exact) mass is 280 g/mol. The average Bonchev–Trinajstić information content (AvgIpc) is 2.37. The summed E-state index contributed by atoms with van der Waals surface area (Å²) < 4.78 is 27.8. The molecule has 0 saturated heterocycles. The van der Waals surface area contributed by atoms with Gasteiger partial charge in [-0.25, -0.2) is 14.4 Å².